The van der Waals surface area contributed by atoms with Crippen molar-refractivity contribution in [3.63, 3.8) is 0 Å². The van der Waals surface area contributed by atoms with Gasteiger partial charge in [-0.05, 0) is 13.0 Å². The number of allylic oxidation sites excluding steroid dienone is 3. The molecule has 0 aliphatic heterocycles. The van der Waals surface area contributed by atoms with Crippen molar-refractivity contribution in [1.82, 2.24) is 0 Å². The molecule has 0 aromatic rings. The van der Waals surface area contributed by atoms with Crippen LogP contribution >= 0.6 is 0 Å². The standard InChI is InChI=1S/C8H11NO2/c1-8(7(10)11)4-2-3-6(9)5-8/h2-4H,5,9H2,1H3,(H,10,11). The first-order valence-electron chi connectivity index (χ1n) is 3.42. The number of hydrogen-bond acceptors (Lipinski definition) is 2. The third-order valence-corrected chi connectivity index (χ3v) is 1.83. The summed E-state index contributed by atoms with van der Waals surface area (Å²) < 4.78 is 0. The topological polar surface area (TPSA) is 63.3 Å². The summed E-state index contributed by atoms with van der Waals surface area (Å²) in [5, 5.41) is 8.78. The normalized spacial score (nSPS) is 29.7. The van der Waals surface area contributed by atoms with Crippen LogP contribution in [0.25, 0.3) is 0 Å². The predicted molar refractivity (Wildman–Crippen MR) is 41.8 cm³/mol. The zero-order chi connectivity index (χ0) is 8.48. The van der Waals surface area contributed by atoms with Crippen molar-refractivity contribution in [2.24, 2.45) is 11.1 Å². The zero-order valence-corrected chi connectivity index (χ0v) is 6.37. The number of hydrogen-bond donors (Lipinski definition) is 2. The summed E-state index contributed by atoms with van der Waals surface area (Å²) in [6, 6.07) is 0. The van der Waals surface area contributed by atoms with Gasteiger partial charge in [-0.1, -0.05) is 12.2 Å². The highest BCUT2D eigenvalue weighted by Gasteiger charge is 2.31. The molecular weight excluding hydrogens is 142 g/mol. The molecule has 11 heavy (non-hydrogen) atoms. The molecule has 0 saturated heterocycles. The van der Waals surface area contributed by atoms with E-state index in [0.29, 0.717) is 12.1 Å². The summed E-state index contributed by atoms with van der Waals surface area (Å²) in [5.41, 5.74) is 5.31. The molecule has 0 spiro atoms. The van der Waals surface area contributed by atoms with E-state index in [1.54, 1.807) is 25.2 Å². The van der Waals surface area contributed by atoms with Gasteiger partial charge in [0.2, 0.25) is 0 Å². The quantitative estimate of drug-likeness (QED) is 0.587. The molecule has 0 fully saturated rings. The van der Waals surface area contributed by atoms with Crippen LogP contribution in [0.5, 0.6) is 0 Å². The van der Waals surface area contributed by atoms with E-state index in [0.717, 1.165) is 0 Å². The second kappa shape index (κ2) is 2.42. The van der Waals surface area contributed by atoms with Crippen LogP contribution in [-0.2, 0) is 4.79 Å². The van der Waals surface area contributed by atoms with Crippen LogP contribution in [0.15, 0.2) is 23.9 Å². The third kappa shape index (κ3) is 1.42. The van der Waals surface area contributed by atoms with E-state index in [9.17, 15) is 4.79 Å². The van der Waals surface area contributed by atoms with Crippen LogP contribution in [0.1, 0.15) is 13.3 Å². The molecule has 60 valence electrons. The Bertz CT molecular complexity index is 242. The van der Waals surface area contributed by atoms with Gasteiger partial charge in [-0.3, -0.25) is 4.79 Å². The fourth-order valence-corrected chi connectivity index (χ4v) is 1.07. The number of carboxylic acids is 1. The molecule has 1 rings (SSSR count). The SMILES string of the molecule is CC1(C(=O)O)C=CC=C(N)C1. The Morgan fingerprint density at radius 2 is 2.45 bits per heavy atom. The Morgan fingerprint density at radius 1 is 1.82 bits per heavy atom. The maximum absolute atomic E-state index is 10.7. The molecule has 0 aromatic carbocycles. The Kier molecular flexibility index (Phi) is 1.72. The highest BCUT2D eigenvalue weighted by atomic mass is 16.4. The van der Waals surface area contributed by atoms with Gasteiger partial charge in [0.15, 0.2) is 0 Å². The lowest BCUT2D eigenvalue weighted by Crippen LogP contribution is -2.28. The number of carbonyl (C=O) groups is 1. The van der Waals surface area contributed by atoms with E-state index < -0.39 is 11.4 Å². The fraction of sp³-hybridized carbons (Fsp3) is 0.375. The summed E-state index contributed by atoms with van der Waals surface area (Å²) in [6.45, 7) is 1.66. The Balaban J connectivity index is 2.86. The van der Waals surface area contributed by atoms with Crippen molar-refractivity contribution in [3.8, 4) is 0 Å². The van der Waals surface area contributed by atoms with Gasteiger partial charge >= 0.3 is 5.97 Å². The molecule has 0 saturated carbocycles. The lowest BCUT2D eigenvalue weighted by molar-refractivity contribution is -0.145. The van der Waals surface area contributed by atoms with Gasteiger partial charge in [0, 0.05) is 12.1 Å². The number of rotatable bonds is 1. The van der Waals surface area contributed by atoms with Crippen molar-refractivity contribution in [2.75, 3.05) is 0 Å². The van der Waals surface area contributed by atoms with Crippen LogP contribution in [0.4, 0.5) is 0 Å². The van der Waals surface area contributed by atoms with Crippen molar-refractivity contribution >= 4 is 5.97 Å². The first-order valence-corrected chi connectivity index (χ1v) is 3.42. The first-order chi connectivity index (χ1) is 5.04. The van der Waals surface area contributed by atoms with Gasteiger partial charge in [-0.25, -0.2) is 0 Å². The van der Waals surface area contributed by atoms with Crippen molar-refractivity contribution in [3.05, 3.63) is 23.9 Å². The van der Waals surface area contributed by atoms with Crippen LogP contribution in [0.3, 0.4) is 0 Å². The molecule has 0 radical (unpaired) electrons. The smallest absolute Gasteiger partial charge is 0.313 e. The first kappa shape index (κ1) is 7.85. The maximum Gasteiger partial charge on any atom is 0.313 e. The predicted octanol–water partition coefficient (Wildman–Crippen LogP) is 0.880. The van der Waals surface area contributed by atoms with Crippen LogP contribution in [-0.4, -0.2) is 11.1 Å². The lowest BCUT2D eigenvalue weighted by atomic mass is 9.82. The molecule has 0 amide bonds. The summed E-state index contributed by atoms with van der Waals surface area (Å²) in [5.74, 6) is -0.829. The summed E-state index contributed by atoms with van der Waals surface area (Å²) >= 11 is 0. The molecule has 1 aliphatic rings. The summed E-state index contributed by atoms with van der Waals surface area (Å²) in [4.78, 5) is 10.7. The van der Waals surface area contributed by atoms with E-state index in [-0.39, 0.29) is 0 Å². The molecule has 0 bridgehead atoms. The number of nitrogens with two attached hydrogens (primary N) is 1. The summed E-state index contributed by atoms with van der Waals surface area (Å²) in [6.07, 6.45) is 5.47. The fourth-order valence-electron chi connectivity index (χ4n) is 1.07. The molecule has 0 heterocycles. The van der Waals surface area contributed by atoms with Crippen LogP contribution < -0.4 is 5.73 Å². The minimum atomic E-state index is -0.829. The second-order valence-corrected chi connectivity index (χ2v) is 3.00. The molecule has 3 nitrogen and oxygen atoms in total. The largest absolute Gasteiger partial charge is 0.481 e. The molecule has 1 unspecified atom stereocenters. The van der Waals surface area contributed by atoms with Gasteiger partial charge in [0.05, 0.1) is 5.41 Å². The van der Waals surface area contributed by atoms with Crippen molar-refractivity contribution in [2.45, 2.75) is 13.3 Å². The van der Waals surface area contributed by atoms with E-state index in [4.69, 9.17) is 10.8 Å². The third-order valence-electron chi connectivity index (χ3n) is 1.83. The molecule has 3 heteroatoms. The van der Waals surface area contributed by atoms with E-state index in [1.807, 2.05) is 0 Å². The maximum atomic E-state index is 10.7. The van der Waals surface area contributed by atoms with Crippen LogP contribution in [0.2, 0.25) is 0 Å². The molecule has 1 aliphatic carbocycles. The van der Waals surface area contributed by atoms with Crippen molar-refractivity contribution < 1.29 is 9.90 Å². The lowest BCUT2D eigenvalue weighted by Gasteiger charge is -2.22. The Hall–Kier alpha value is -1.25. The van der Waals surface area contributed by atoms with Gasteiger partial charge in [-0.15, -0.1) is 0 Å². The molecular formula is C8H11NO2. The minimum Gasteiger partial charge on any atom is -0.481 e. The monoisotopic (exact) mass is 153 g/mol. The van der Waals surface area contributed by atoms with E-state index in [2.05, 4.69) is 0 Å². The number of aliphatic carboxylic acids is 1. The average Bonchev–Trinajstić information content (AvgIpc) is 1.86. The van der Waals surface area contributed by atoms with E-state index >= 15 is 0 Å². The highest BCUT2D eigenvalue weighted by Crippen LogP contribution is 2.29. The van der Waals surface area contributed by atoms with Gasteiger partial charge in [-0.2, -0.15) is 0 Å². The van der Waals surface area contributed by atoms with E-state index in [1.165, 1.54) is 0 Å². The highest BCUT2D eigenvalue weighted by molar-refractivity contribution is 5.77. The minimum absolute atomic E-state index is 0.402. The van der Waals surface area contributed by atoms with Gasteiger partial charge in [0.25, 0.3) is 0 Å². The van der Waals surface area contributed by atoms with Gasteiger partial charge < -0.3 is 10.8 Å². The molecule has 1 atom stereocenters. The van der Waals surface area contributed by atoms with Crippen LogP contribution in [0, 0.1) is 5.41 Å². The van der Waals surface area contributed by atoms with Gasteiger partial charge in [0.1, 0.15) is 0 Å². The second-order valence-electron chi connectivity index (χ2n) is 3.00. The summed E-state index contributed by atoms with van der Waals surface area (Å²) in [7, 11) is 0. The number of carboxylic acid groups (broad SMARTS) is 1. The van der Waals surface area contributed by atoms with Crippen molar-refractivity contribution in [1.29, 1.82) is 0 Å². The zero-order valence-electron chi connectivity index (χ0n) is 6.37. The molecule has 0 aromatic heterocycles. The molecule has 3 N–H and O–H groups in total. The Labute approximate surface area is 65.2 Å². The average molecular weight is 153 g/mol. The Morgan fingerprint density at radius 3 is 2.82 bits per heavy atom.